The van der Waals surface area contributed by atoms with Crippen LogP contribution in [-0.4, -0.2) is 29.9 Å². The fourth-order valence-electron chi connectivity index (χ4n) is 2.27. The molecule has 6 nitrogen and oxygen atoms in total. The van der Waals surface area contributed by atoms with Crippen molar-refractivity contribution in [2.45, 2.75) is 13.8 Å². The third-order valence-electron chi connectivity index (χ3n) is 3.63. The fourth-order valence-corrected chi connectivity index (χ4v) is 2.27. The second-order valence-electron chi connectivity index (χ2n) is 5.10. The van der Waals surface area contributed by atoms with Gasteiger partial charge in [0.15, 0.2) is 0 Å². The number of hydrogen-bond donors (Lipinski definition) is 1. The summed E-state index contributed by atoms with van der Waals surface area (Å²) in [6.07, 6.45) is 3.25. The highest BCUT2D eigenvalue weighted by Crippen LogP contribution is 2.29. The van der Waals surface area contributed by atoms with E-state index in [2.05, 4.69) is 10.4 Å². The zero-order valence-corrected chi connectivity index (χ0v) is 14.0. The first kappa shape index (κ1) is 16.6. The van der Waals surface area contributed by atoms with Gasteiger partial charge in [0.1, 0.15) is 11.5 Å². The first-order chi connectivity index (χ1) is 11.0. The number of anilines is 1. The third kappa shape index (κ3) is 3.71. The number of aryl methyl sites for hydroxylation is 2. The molecule has 0 unspecified atom stereocenters. The van der Waals surface area contributed by atoms with Gasteiger partial charge in [-0.1, -0.05) is 0 Å². The minimum atomic E-state index is -0.240. The minimum absolute atomic E-state index is 0.240. The number of hydrogen-bond acceptors (Lipinski definition) is 4. The third-order valence-corrected chi connectivity index (χ3v) is 3.63. The second-order valence-corrected chi connectivity index (χ2v) is 5.10. The maximum Gasteiger partial charge on any atom is 0.248 e. The van der Waals surface area contributed by atoms with Crippen molar-refractivity contribution >= 4 is 17.7 Å². The molecule has 23 heavy (non-hydrogen) atoms. The van der Waals surface area contributed by atoms with Gasteiger partial charge in [-0.2, -0.15) is 5.10 Å². The van der Waals surface area contributed by atoms with Crippen LogP contribution in [0.15, 0.2) is 24.3 Å². The van der Waals surface area contributed by atoms with E-state index in [-0.39, 0.29) is 5.91 Å². The van der Waals surface area contributed by atoms with Crippen molar-refractivity contribution in [1.29, 1.82) is 0 Å². The van der Waals surface area contributed by atoms with Crippen LogP contribution in [0.2, 0.25) is 0 Å². The highest BCUT2D eigenvalue weighted by molar-refractivity contribution is 6.03. The summed E-state index contributed by atoms with van der Waals surface area (Å²) < 4.78 is 12.2. The summed E-state index contributed by atoms with van der Waals surface area (Å²) in [5.74, 6) is 0.966. The number of nitrogens with zero attached hydrogens (tertiary/aromatic N) is 2. The zero-order chi connectivity index (χ0) is 17.0. The van der Waals surface area contributed by atoms with E-state index >= 15 is 0 Å². The molecule has 122 valence electrons. The van der Waals surface area contributed by atoms with Gasteiger partial charge in [-0.25, -0.2) is 0 Å². The van der Waals surface area contributed by atoms with Gasteiger partial charge in [0.2, 0.25) is 5.91 Å². The number of aromatic nitrogens is 2. The largest absolute Gasteiger partial charge is 0.497 e. The Morgan fingerprint density at radius 2 is 2.00 bits per heavy atom. The molecule has 1 aromatic heterocycles. The van der Waals surface area contributed by atoms with Crippen LogP contribution < -0.4 is 14.8 Å². The number of benzene rings is 1. The van der Waals surface area contributed by atoms with Crippen molar-refractivity contribution in [2.75, 3.05) is 19.5 Å². The lowest BCUT2D eigenvalue weighted by Crippen LogP contribution is -2.09. The van der Waals surface area contributed by atoms with E-state index in [0.717, 1.165) is 17.0 Å². The van der Waals surface area contributed by atoms with Crippen molar-refractivity contribution in [3.63, 3.8) is 0 Å². The van der Waals surface area contributed by atoms with Gasteiger partial charge in [0.25, 0.3) is 0 Å². The molecule has 0 saturated carbocycles. The lowest BCUT2D eigenvalue weighted by Gasteiger charge is -2.10. The lowest BCUT2D eigenvalue weighted by molar-refractivity contribution is -0.111. The molecular weight excluding hydrogens is 294 g/mol. The van der Waals surface area contributed by atoms with E-state index in [4.69, 9.17) is 9.47 Å². The smallest absolute Gasteiger partial charge is 0.248 e. The summed E-state index contributed by atoms with van der Waals surface area (Å²) in [5.41, 5.74) is 3.43. The first-order valence-corrected chi connectivity index (χ1v) is 7.17. The molecule has 2 rings (SSSR count). The maximum atomic E-state index is 12.1. The molecule has 6 heteroatoms. The minimum Gasteiger partial charge on any atom is -0.497 e. The Morgan fingerprint density at radius 1 is 1.26 bits per heavy atom. The Morgan fingerprint density at radius 3 is 2.57 bits per heavy atom. The van der Waals surface area contributed by atoms with Crippen LogP contribution in [0.5, 0.6) is 11.5 Å². The molecule has 0 spiro atoms. The molecule has 0 radical (unpaired) electrons. The Labute approximate surface area is 135 Å². The predicted octanol–water partition coefficient (Wildman–Crippen LogP) is 2.71. The van der Waals surface area contributed by atoms with Crippen LogP contribution >= 0.6 is 0 Å². The molecule has 0 aliphatic heterocycles. The highest BCUT2D eigenvalue weighted by atomic mass is 16.5. The standard InChI is InChI=1S/C17H21N3O3/c1-11-14(12(2)20(3)19-11)7-9-17(21)18-15-8-6-13(22-4)10-16(15)23-5/h6-10H,1-5H3,(H,18,21)/b9-7+. The van der Waals surface area contributed by atoms with E-state index < -0.39 is 0 Å². The van der Waals surface area contributed by atoms with Crippen molar-refractivity contribution in [3.05, 3.63) is 41.2 Å². The fraction of sp³-hybridized carbons (Fsp3) is 0.294. The summed E-state index contributed by atoms with van der Waals surface area (Å²) in [6.45, 7) is 3.88. The topological polar surface area (TPSA) is 65.4 Å². The molecule has 0 bridgehead atoms. The number of nitrogens with one attached hydrogen (secondary N) is 1. The molecule has 1 amide bonds. The summed E-state index contributed by atoms with van der Waals surface area (Å²) in [4.78, 5) is 12.1. The molecule has 2 aromatic rings. The number of methoxy groups -OCH3 is 2. The van der Waals surface area contributed by atoms with Crippen LogP contribution in [0, 0.1) is 13.8 Å². The molecule has 0 aliphatic carbocycles. The van der Waals surface area contributed by atoms with Crippen molar-refractivity contribution in [2.24, 2.45) is 7.05 Å². The molecule has 0 aliphatic rings. The lowest BCUT2D eigenvalue weighted by atomic mass is 10.2. The van der Waals surface area contributed by atoms with Crippen molar-refractivity contribution < 1.29 is 14.3 Å². The normalized spacial score (nSPS) is 10.8. The van der Waals surface area contributed by atoms with E-state index in [0.29, 0.717) is 17.2 Å². The summed E-state index contributed by atoms with van der Waals surface area (Å²) in [5, 5.41) is 7.11. The molecule has 0 fully saturated rings. The summed E-state index contributed by atoms with van der Waals surface area (Å²) in [6, 6.07) is 5.22. The number of rotatable bonds is 5. The van der Waals surface area contributed by atoms with Crippen LogP contribution in [0.25, 0.3) is 6.08 Å². The van der Waals surface area contributed by atoms with Gasteiger partial charge in [-0.15, -0.1) is 0 Å². The van der Waals surface area contributed by atoms with Gasteiger partial charge in [0.05, 0.1) is 25.6 Å². The molecule has 1 heterocycles. The SMILES string of the molecule is COc1ccc(NC(=O)/C=C/c2c(C)nn(C)c2C)c(OC)c1. The number of amides is 1. The van der Waals surface area contributed by atoms with Crippen LogP contribution in [-0.2, 0) is 11.8 Å². The summed E-state index contributed by atoms with van der Waals surface area (Å²) in [7, 11) is 5.00. The Hall–Kier alpha value is -2.76. The average molecular weight is 315 g/mol. The Bertz CT molecular complexity index is 748. The Kier molecular flexibility index (Phi) is 5.05. The van der Waals surface area contributed by atoms with Crippen LogP contribution in [0.1, 0.15) is 17.0 Å². The molecule has 1 aromatic carbocycles. The van der Waals surface area contributed by atoms with Crippen molar-refractivity contribution in [1.82, 2.24) is 9.78 Å². The predicted molar refractivity (Wildman–Crippen MR) is 89.9 cm³/mol. The van der Waals surface area contributed by atoms with Crippen LogP contribution in [0.3, 0.4) is 0 Å². The first-order valence-electron chi connectivity index (χ1n) is 7.17. The molecular formula is C17H21N3O3. The number of ether oxygens (including phenoxy) is 2. The van der Waals surface area contributed by atoms with E-state index in [1.807, 2.05) is 20.9 Å². The van der Waals surface area contributed by atoms with Gasteiger partial charge in [-0.05, 0) is 32.1 Å². The van der Waals surface area contributed by atoms with E-state index in [1.165, 1.54) is 6.08 Å². The van der Waals surface area contributed by atoms with Crippen molar-refractivity contribution in [3.8, 4) is 11.5 Å². The second kappa shape index (κ2) is 7.00. The number of carbonyl (C=O) groups excluding carboxylic acids is 1. The highest BCUT2D eigenvalue weighted by Gasteiger charge is 2.09. The van der Waals surface area contributed by atoms with Gasteiger partial charge < -0.3 is 14.8 Å². The number of carbonyl (C=O) groups is 1. The van der Waals surface area contributed by atoms with Crippen LogP contribution in [0.4, 0.5) is 5.69 Å². The zero-order valence-electron chi connectivity index (χ0n) is 14.0. The molecule has 1 N–H and O–H groups in total. The van der Waals surface area contributed by atoms with Gasteiger partial charge in [0, 0.05) is 30.4 Å². The average Bonchev–Trinajstić information content (AvgIpc) is 2.78. The monoisotopic (exact) mass is 315 g/mol. The van der Waals surface area contributed by atoms with E-state index in [1.54, 1.807) is 43.2 Å². The molecule has 0 saturated heterocycles. The van der Waals surface area contributed by atoms with Gasteiger partial charge >= 0.3 is 0 Å². The Balaban J connectivity index is 2.15. The van der Waals surface area contributed by atoms with E-state index in [9.17, 15) is 4.79 Å². The maximum absolute atomic E-state index is 12.1. The quantitative estimate of drug-likeness (QED) is 0.862. The molecule has 0 atom stereocenters. The summed E-state index contributed by atoms with van der Waals surface area (Å²) >= 11 is 0. The van der Waals surface area contributed by atoms with Gasteiger partial charge in [-0.3, -0.25) is 9.48 Å².